The Morgan fingerprint density at radius 2 is 1.94 bits per heavy atom. The summed E-state index contributed by atoms with van der Waals surface area (Å²) in [5, 5.41) is 7.92. The van der Waals surface area contributed by atoms with Crippen molar-refractivity contribution in [1.82, 2.24) is 15.6 Å². The van der Waals surface area contributed by atoms with Crippen LogP contribution in [-0.4, -0.2) is 25.1 Å². The molecular weight excluding hydrogens is 218 g/mol. The van der Waals surface area contributed by atoms with E-state index in [0.29, 0.717) is 12.0 Å². The summed E-state index contributed by atoms with van der Waals surface area (Å²) in [5.74, 6) is 0.654. The van der Waals surface area contributed by atoms with Crippen molar-refractivity contribution in [2.24, 2.45) is 5.92 Å². The normalized spacial score (nSPS) is 15.1. The molecule has 16 heavy (non-hydrogen) atoms. The fraction of sp³-hybridized carbons (Fsp3) is 0.750. The van der Waals surface area contributed by atoms with Gasteiger partial charge in [-0.3, -0.25) is 0 Å². The van der Waals surface area contributed by atoms with E-state index in [-0.39, 0.29) is 0 Å². The number of hydrogen-bond donors (Lipinski definition) is 2. The average molecular weight is 241 g/mol. The fourth-order valence-corrected chi connectivity index (χ4v) is 2.79. The van der Waals surface area contributed by atoms with Crippen molar-refractivity contribution in [1.29, 1.82) is 0 Å². The molecule has 0 saturated carbocycles. The number of rotatable bonds is 6. The number of thiazole rings is 1. The van der Waals surface area contributed by atoms with Gasteiger partial charge in [-0.25, -0.2) is 4.98 Å². The first kappa shape index (κ1) is 13.6. The molecule has 1 aromatic heterocycles. The molecule has 2 atom stereocenters. The van der Waals surface area contributed by atoms with Crippen LogP contribution in [0.15, 0.2) is 0 Å². The minimum Gasteiger partial charge on any atom is -0.319 e. The van der Waals surface area contributed by atoms with Crippen molar-refractivity contribution >= 4 is 11.3 Å². The zero-order chi connectivity index (χ0) is 12.1. The largest absolute Gasteiger partial charge is 0.319 e. The molecule has 0 amide bonds. The molecule has 1 heterocycles. The molecule has 0 bridgehead atoms. The molecule has 0 aliphatic rings. The Labute approximate surface area is 103 Å². The van der Waals surface area contributed by atoms with E-state index in [1.807, 2.05) is 7.05 Å². The first-order chi connectivity index (χ1) is 7.54. The predicted octanol–water partition coefficient (Wildman–Crippen LogP) is 2.27. The molecule has 0 spiro atoms. The van der Waals surface area contributed by atoms with Gasteiger partial charge in [0.1, 0.15) is 0 Å². The first-order valence-corrected chi connectivity index (χ1v) is 6.68. The second-order valence-electron chi connectivity index (χ2n) is 4.48. The van der Waals surface area contributed by atoms with Crippen LogP contribution in [0.2, 0.25) is 0 Å². The van der Waals surface area contributed by atoms with Crippen LogP contribution in [0.1, 0.15) is 35.5 Å². The summed E-state index contributed by atoms with van der Waals surface area (Å²) < 4.78 is 0. The van der Waals surface area contributed by atoms with Crippen LogP contribution in [0.3, 0.4) is 0 Å². The highest BCUT2D eigenvalue weighted by molar-refractivity contribution is 7.11. The van der Waals surface area contributed by atoms with Crippen molar-refractivity contribution in [3.05, 3.63) is 15.6 Å². The highest BCUT2D eigenvalue weighted by Crippen LogP contribution is 2.24. The first-order valence-electron chi connectivity index (χ1n) is 5.86. The molecule has 0 aliphatic heterocycles. The predicted molar refractivity (Wildman–Crippen MR) is 71.1 cm³/mol. The summed E-state index contributed by atoms with van der Waals surface area (Å²) in [4.78, 5) is 5.83. The van der Waals surface area contributed by atoms with Crippen LogP contribution in [0, 0.1) is 19.8 Å². The van der Waals surface area contributed by atoms with Gasteiger partial charge in [0, 0.05) is 10.9 Å². The maximum atomic E-state index is 4.46. The van der Waals surface area contributed by atoms with E-state index in [9.17, 15) is 0 Å². The highest BCUT2D eigenvalue weighted by Gasteiger charge is 2.13. The van der Waals surface area contributed by atoms with Crippen LogP contribution < -0.4 is 10.6 Å². The molecule has 1 rings (SSSR count). The monoisotopic (exact) mass is 241 g/mol. The summed E-state index contributed by atoms with van der Waals surface area (Å²) in [7, 11) is 2.00. The van der Waals surface area contributed by atoms with E-state index in [4.69, 9.17) is 0 Å². The van der Waals surface area contributed by atoms with Crippen LogP contribution in [0.4, 0.5) is 0 Å². The highest BCUT2D eigenvalue weighted by atomic mass is 32.1. The topological polar surface area (TPSA) is 37.0 Å². The molecular formula is C12H23N3S. The lowest BCUT2D eigenvalue weighted by molar-refractivity contribution is 0.458. The molecule has 3 nitrogen and oxygen atoms in total. The van der Waals surface area contributed by atoms with Gasteiger partial charge in [-0.15, -0.1) is 11.3 Å². The SMILES string of the molecule is CNCC(C)CNC(C)c1sc(C)nc1C. The summed E-state index contributed by atoms with van der Waals surface area (Å²) >= 11 is 1.80. The summed E-state index contributed by atoms with van der Waals surface area (Å²) in [6.07, 6.45) is 0. The molecule has 0 saturated heterocycles. The Hall–Kier alpha value is -0.450. The number of nitrogens with zero attached hydrogens (tertiary/aromatic N) is 1. The maximum Gasteiger partial charge on any atom is 0.0900 e. The Balaban J connectivity index is 2.46. The van der Waals surface area contributed by atoms with Crippen molar-refractivity contribution < 1.29 is 0 Å². The van der Waals surface area contributed by atoms with Gasteiger partial charge < -0.3 is 10.6 Å². The summed E-state index contributed by atoms with van der Waals surface area (Å²) in [6, 6.07) is 0.408. The zero-order valence-corrected chi connectivity index (χ0v) is 11.7. The third-order valence-electron chi connectivity index (χ3n) is 2.66. The van der Waals surface area contributed by atoms with Crippen molar-refractivity contribution in [3.8, 4) is 0 Å². The maximum absolute atomic E-state index is 4.46. The van der Waals surface area contributed by atoms with E-state index in [1.165, 1.54) is 10.6 Å². The number of aromatic nitrogens is 1. The van der Waals surface area contributed by atoms with Crippen molar-refractivity contribution in [2.45, 2.75) is 33.7 Å². The Morgan fingerprint density at radius 1 is 1.25 bits per heavy atom. The quantitative estimate of drug-likeness (QED) is 0.802. The molecule has 92 valence electrons. The smallest absolute Gasteiger partial charge is 0.0900 e. The van der Waals surface area contributed by atoms with Gasteiger partial charge >= 0.3 is 0 Å². The second-order valence-corrected chi connectivity index (χ2v) is 5.71. The number of aryl methyl sites for hydroxylation is 2. The average Bonchev–Trinajstić information content (AvgIpc) is 2.55. The molecule has 4 heteroatoms. The summed E-state index contributed by atoms with van der Waals surface area (Å²) in [5.41, 5.74) is 1.17. The molecule has 0 aliphatic carbocycles. The molecule has 2 N–H and O–H groups in total. The van der Waals surface area contributed by atoms with Crippen LogP contribution in [0.25, 0.3) is 0 Å². The third kappa shape index (κ3) is 3.85. The van der Waals surface area contributed by atoms with Crippen molar-refractivity contribution in [3.63, 3.8) is 0 Å². The Bertz CT molecular complexity index is 322. The lowest BCUT2D eigenvalue weighted by atomic mass is 10.1. The molecule has 0 radical (unpaired) electrons. The van der Waals surface area contributed by atoms with Crippen molar-refractivity contribution in [2.75, 3.05) is 20.1 Å². The second kappa shape index (κ2) is 6.33. The van der Waals surface area contributed by atoms with Gasteiger partial charge in [-0.05, 0) is 46.8 Å². The van der Waals surface area contributed by atoms with Gasteiger partial charge in [0.15, 0.2) is 0 Å². The summed E-state index contributed by atoms with van der Waals surface area (Å²) in [6.45, 7) is 10.7. The van der Waals surface area contributed by atoms with E-state index in [1.54, 1.807) is 11.3 Å². The minimum absolute atomic E-state index is 0.408. The van der Waals surface area contributed by atoms with E-state index in [0.717, 1.165) is 18.1 Å². The molecule has 0 fully saturated rings. The third-order valence-corrected chi connectivity index (χ3v) is 3.91. The molecule has 0 aromatic carbocycles. The zero-order valence-electron chi connectivity index (χ0n) is 10.9. The van der Waals surface area contributed by atoms with Gasteiger partial charge in [0.05, 0.1) is 10.7 Å². The van der Waals surface area contributed by atoms with Gasteiger partial charge in [0.2, 0.25) is 0 Å². The van der Waals surface area contributed by atoms with Crippen LogP contribution in [-0.2, 0) is 0 Å². The van der Waals surface area contributed by atoms with Gasteiger partial charge in [0.25, 0.3) is 0 Å². The number of nitrogens with one attached hydrogen (secondary N) is 2. The van der Waals surface area contributed by atoms with E-state index in [2.05, 4.69) is 43.3 Å². The lowest BCUT2D eigenvalue weighted by Gasteiger charge is -2.16. The van der Waals surface area contributed by atoms with Gasteiger partial charge in [-0.1, -0.05) is 6.92 Å². The lowest BCUT2D eigenvalue weighted by Crippen LogP contribution is -2.29. The Morgan fingerprint density at radius 3 is 2.44 bits per heavy atom. The van der Waals surface area contributed by atoms with Crippen LogP contribution >= 0.6 is 11.3 Å². The molecule has 1 aromatic rings. The number of hydrogen-bond acceptors (Lipinski definition) is 4. The van der Waals surface area contributed by atoms with Gasteiger partial charge in [-0.2, -0.15) is 0 Å². The van der Waals surface area contributed by atoms with E-state index >= 15 is 0 Å². The van der Waals surface area contributed by atoms with E-state index < -0.39 is 0 Å². The minimum atomic E-state index is 0.408. The standard InChI is InChI=1S/C12H23N3S/c1-8(6-13-5)7-14-9(2)12-10(3)15-11(4)16-12/h8-9,13-14H,6-7H2,1-5H3. The molecule has 2 unspecified atom stereocenters. The Kier molecular flexibility index (Phi) is 5.38. The van der Waals surface area contributed by atoms with Crippen LogP contribution in [0.5, 0.6) is 0 Å². The fourth-order valence-electron chi connectivity index (χ4n) is 1.84.